The minimum atomic E-state index is 0.193. The summed E-state index contributed by atoms with van der Waals surface area (Å²) in [6, 6.07) is 5.48. The predicted octanol–water partition coefficient (Wildman–Crippen LogP) is 3.73. The van der Waals surface area contributed by atoms with Gasteiger partial charge in [-0.15, -0.1) is 0 Å². The van der Waals surface area contributed by atoms with Gasteiger partial charge >= 0.3 is 0 Å². The highest BCUT2D eigenvalue weighted by molar-refractivity contribution is 6.33. The zero-order valence-electron chi connectivity index (χ0n) is 9.21. The summed E-state index contributed by atoms with van der Waals surface area (Å²) in [6.45, 7) is 1.82. The van der Waals surface area contributed by atoms with E-state index in [1.807, 2.05) is 13.0 Å². The first-order chi connectivity index (χ1) is 8.08. The summed E-state index contributed by atoms with van der Waals surface area (Å²) in [5, 5.41) is 10.5. The molecule has 0 saturated heterocycles. The first-order valence-corrected chi connectivity index (χ1v) is 5.57. The lowest BCUT2D eigenvalue weighted by molar-refractivity contribution is 0.415. The molecule has 0 N–H and O–H groups in total. The number of halogens is 2. The maximum atomic E-state index is 9.01. The number of aryl methyl sites for hydroxylation is 1. The average molecular weight is 267 g/mol. The van der Waals surface area contributed by atoms with Crippen molar-refractivity contribution in [2.24, 2.45) is 0 Å². The average Bonchev–Trinajstić information content (AvgIpc) is 2.29. The molecule has 0 saturated carbocycles. The number of nitrogens with zero attached hydrogens (tertiary/aromatic N) is 2. The molecule has 2 rings (SSSR count). The van der Waals surface area contributed by atoms with Gasteiger partial charge in [-0.25, -0.2) is 4.98 Å². The second kappa shape index (κ2) is 4.40. The van der Waals surface area contributed by atoms with Crippen LogP contribution in [-0.4, -0.2) is 12.1 Å². The first-order valence-electron chi connectivity index (χ1n) is 4.82. The Morgan fingerprint density at radius 2 is 2.06 bits per heavy atom. The van der Waals surface area contributed by atoms with Crippen LogP contribution in [0.25, 0.3) is 10.9 Å². The van der Waals surface area contributed by atoms with Crippen molar-refractivity contribution >= 4 is 34.1 Å². The fourth-order valence-corrected chi connectivity index (χ4v) is 2.18. The summed E-state index contributed by atoms with van der Waals surface area (Å²) >= 11 is 11.9. The predicted molar refractivity (Wildman–Crippen MR) is 67.8 cm³/mol. The number of ether oxygens (including phenoxy) is 1. The van der Waals surface area contributed by atoms with Crippen molar-refractivity contribution in [3.8, 4) is 11.8 Å². The van der Waals surface area contributed by atoms with E-state index in [-0.39, 0.29) is 5.15 Å². The SMILES string of the molecule is COc1cc2c(C)c(C#N)c(Cl)nc2cc1Cl. The van der Waals surface area contributed by atoms with Crippen LogP contribution in [-0.2, 0) is 0 Å². The molecule has 0 aliphatic carbocycles. The van der Waals surface area contributed by atoms with Crippen LogP contribution in [0.1, 0.15) is 11.1 Å². The summed E-state index contributed by atoms with van der Waals surface area (Å²) in [4.78, 5) is 4.15. The molecule has 0 unspecified atom stereocenters. The van der Waals surface area contributed by atoms with Crippen molar-refractivity contribution in [2.75, 3.05) is 7.11 Å². The van der Waals surface area contributed by atoms with E-state index in [2.05, 4.69) is 4.98 Å². The van der Waals surface area contributed by atoms with Crippen molar-refractivity contribution in [1.29, 1.82) is 5.26 Å². The van der Waals surface area contributed by atoms with Gasteiger partial charge in [0.2, 0.25) is 0 Å². The van der Waals surface area contributed by atoms with Gasteiger partial charge in [-0.05, 0) is 24.6 Å². The van der Waals surface area contributed by atoms with Crippen molar-refractivity contribution in [3.05, 3.63) is 33.4 Å². The van der Waals surface area contributed by atoms with Gasteiger partial charge in [-0.3, -0.25) is 0 Å². The molecule has 1 heterocycles. The minimum absolute atomic E-state index is 0.193. The highest BCUT2D eigenvalue weighted by Gasteiger charge is 2.12. The smallest absolute Gasteiger partial charge is 0.147 e. The lowest BCUT2D eigenvalue weighted by atomic mass is 10.1. The molecule has 0 spiro atoms. The Labute approximate surface area is 109 Å². The van der Waals surface area contributed by atoms with Crippen LogP contribution in [0.2, 0.25) is 10.2 Å². The van der Waals surface area contributed by atoms with Crippen molar-refractivity contribution in [3.63, 3.8) is 0 Å². The number of pyridine rings is 1. The van der Waals surface area contributed by atoms with Gasteiger partial charge in [-0.2, -0.15) is 5.26 Å². The maximum absolute atomic E-state index is 9.01. The second-order valence-electron chi connectivity index (χ2n) is 3.52. The van der Waals surface area contributed by atoms with Gasteiger partial charge in [-0.1, -0.05) is 23.2 Å². The molecular weight excluding hydrogens is 259 g/mol. The molecule has 86 valence electrons. The molecule has 0 aliphatic heterocycles. The fourth-order valence-electron chi connectivity index (χ4n) is 1.67. The normalized spacial score (nSPS) is 10.3. The molecule has 17 heavy (non-hydrogen) atoms. The van der Waals surface area contributed by atoms with E-state index in [9.17, 15) is 0 Å². The monoisotopic (exact) mass is 266 g/mol. The summed E-state index contributed by atoms with van der Waals surface area (Å²) < 4.78 is 5.14. The standard InChI is InChI=1S/C12H8Cl2N2O/c1-6-7-3-11(17-2)9(13)4-10(7)16-12(14)8(6)5-15/h3-4H,1-2H3. The lowest BCUT2D eigenvalue weighted by Crippen LogP contribution is -1.93. The molecule has 1 aromatic carbocycles. The lowest BCUT2D eigenvalue weighted by Gasteiger charge is -2.09. The van der Waals surface area contributed by atoms with E-state index in [0.717, 1.165) is 10.9 Å². The topological polar surface area (TPSA) is 45.9 Å². The quantitative estimate of drug-likeness (QED) is 0.739. The highest BCUT2D eigenvalue weighted by atomic mass is 35.5. The first kappa shape index (κ1) is 12.0. The molecule has 2 aromatic rings. The molecule has 0 atom stereocenters. The number of hydrogen-bond acceptors (Lipinski definition) is 3. The molecular formula is C12H8Cl2N2O. The van der Waals surface area contributed by atoms with Crippen molar-refractivity contribution in [1.82, 2.24) is 4.98 Å². The molecule has 5 heteroatoms. The summed E-state index contributed by atoms with van der Waals surface area (Å²) in [5.41, 5.74) is 1.80. The van der Waals surface area contributed by atoms with Gasteiger partial charge in [0.15, 0.2) is 0 Å². The Morgan fingerprint density at radius 1 is 1.35 bits per heavy atom. The third kappa shape index (κ3) is 1.90. The highest BCUT2D eigenvalue weighted by Crippen LogP contribution is 2.33. The van der Waals surface area contributed by atoms with Gasteiger partial charge in [0, 0.05) is 5.39 Å². The number of benzene rings is 1. The zero-order chi connectivity index (χ0) is 12.6. The van der Waals surface area contributed by atoms with E-state index in [0.29, 0.717) is 21.9 Å². The van der Waals surface area contributed by atoms with Crippen LogP contribution < -0.4 is 4.74 Å². The largest absolute Gasteiger partial charge is 0.495 e. The number of nitriles is 1. The third-order valence-electron chi connectivity index (χ3n) is 2.59. The van der Waals surface area contributed by atoms with Crippen LogP contribution in [0.4, 0.5) is 0 Å². The number of rotatable bonds is 1. The molecule has 0 radical (unpaired) electrons. The van der Waals surface area contributed by atoms with Crippen LogP contribution in [0.15, 0.2) is 12.1 Å². The van der Waals surface area contributed by atoms with Crippen LogP contribution in [0.5, 0.6) is 5.75 Å². The number of methoxy groups -OCH3 is 1. The van der Waals surface area contributed by atoms with E-state index < -0.39 is 0 Å². The maximum Gasteiger partial charge on any atom is 0.147 e. The van der Waals surface area contributed by atoms with E-state index in [4.69, 9.17) is 33.2 Å². The van der Waals surface area contributed by atoms with E-state index in [1.165, 1.54) is 7.11 Å². The second-order valence-corrected chi connectivity index (χ2v) is 4.28. The molecule has 1 aromatic heterocycles. The Morgan fingerprint density at radius 3 is 2.65 bits per heavy atom. The molecule has 0 amide bonds. The Balaban J connectivity index is 2.89. The molecule has 3 nitrogen and oxygen atoms in total. The fraction of sp³-hybridized carbons (Fsp3) is 0.167. The number of hydrogen-bond donors (Lipinski definition) is 0. The summed E-state index contributed by atoms with van der Waals surface area (Å²) in [5.74, 6) is 0.551. The summed E-state index contributed by atoms with van der Waals surface area (Å²) in [7, 11) is 1.54. The van der Waals surface area contributed by atoms with E-state index in [1.54, 1.807) is 12.1 Å². The van der Waals surface area contributed by atoms with Crippen LogP contribution in [0, 0.1) is 18.3 Å². The molecule has 0 bridgehead atoms. The van der Waals surface area contributed by atoms with Crippen molar-refractivity contribution in [2.45, 2.75) is 6.92 Å². The van der Waals surface area contributed by atoms with Gasteiger partial charge in [0.1, 0.15) is 17.0 Å². The van der Waals surface area contributed by atoms with Gasteiger partial charge < -0.3 is 4.74 Å². The van der Waals surface area contributed by atoms with Crippen LogP contribution >= 0.6 is 23.2 Å². The van der Waals surface area contributed by atoms with Gasteiger partial charge in [0.05, 0.1) is 23.2 Å². The molecule has 0 aliphatic rings. The Kier molecular flexibility index (Phi) is 3.10. The van der Waals surface area contributed by atoms with Crippen molar-refractivity contribution < 1.29 is 4.74 Å². The third-order valence-corrected chi connectivity index (χ3v) is 3.15. The molecule has 0 fully saturated rings. The van der Waals surface area contributed by atoms with E-state index >= 15 is 0 Å². The van der Waals surface area contributed by atoms with Gasteiger partial charge in [0.25, 0.3) is 0 Å². The number of fused-ring (bicyclic) bond motifs is 1. The zero-order valence-corrected chi connectivity index (χ0v) is 10.7. The number of aromatic nitrogens is 1. The summed E-state index contributed by atoms with van der Waals surface area (Å²) in [6.07, 6.45) is 0. The minimum Gasteiger partial charge on any atom is -0.495 e. The Hall–Kier alpha value is -1.50. The van der Waals surface area contributed by atoms with Crippen LogP contribution in [0.3, 0.4) is 0 Å². The Bertz CT molecular complexity index is 647.